The SMILES string of the molecule is CCNC(=NCc1ncc(C)s1)NCC(CC)c1ccccc1. The summed E-state index contributed by atoms with van der Waals surface area (Å²) in [5.41, 5.74) is 1.37. The molecule has 0 aliphatic rings. The quantitative estimate of drug-likeness (QED) is 0.601. The van der Waals surface area contributed by atoms with Gasteiger partial charge in [0.15, 0.2) is 5.96 Å². The van der Waals surface area contributed by atoms with Crippen molar-refractivity contribution in [2.45, 2.75) is 39.7 Å². The fourth-order valence-corrected chi connectivity index (χ4v) is 3.12. The summed E-state index contributed by atoms with van der Waals surface area (Å²) < 4.78 is 0. The number of aromatic nitrogens is 1. The van der Waals surface area contributed by atoms with Gasteiger partial charge in [-0.25, -0.2) is 9.98 Å². The van der Waals surface area contributed by atoms with Crippen LogP contribution in [0, 0.1) is 6.92 Å². The zero-order valence-electron chi connectivity index (χ0n) is 14.2. The van der Waals surface area contributed by atoms with E-state index >= 15 is 0 Å². The molecule has 1 aromatic heterocycles. The molecule has 5 heteroatoms. The predicted molar refractivity (Wildman–Crippen MR) is 99.1 cm³/mol. The number of guanidine groups is 1. The predicted octanol–water partition coefficient (Wildman–Crippen LogP) is 3.70. The summed E-state index contributed by atoms with van der Waals surface area (Å²) in [4.78, 5) is 10.2. The van der Waals surface area contributed by atoms with Gasteiger partial charge in [0.25, 0.3) is 0 Å². The van der Waals surface area contributed by atoms with Gasteiger partial charge in [0.05, 0.1) is 6.54 Å². The number of rotatable bonds is 7. The van der Waals surface area contributed by atoms with E-state index in [0.717, 1.165) is 30.5 Å². The van der Waals surface area contributed by atoms with Gasteiger partial charge in [-0.05, 0) is 25.8 Å². The van der Waals surface area contributed by atoms with Gasteiger partial charge >= 0.3 is 0 Å². The molecule has 1 heterocycles. The molecule has 2 N–H and O–H groups in total. The maximum absolute atomic E-state index is 4.64. The van der Waals surface area contributed by atoms with Crippen molar-refractivity contribution in [3.8, 4) is 0 Å². The normalized spacial score (nSPS) is 12.9. The molecule has 1 atom stereocenters. The van der Waals surface area contributed by atoms with Crippen molar-refractivity contribution in [2.75, 3.05) is 13.1 Å². The zero-order valence-corrected chi connectivity index (χ0v) is 15.0. The standard InChI is InChI=1S/C18H26N4S/c1-4-15(16-9-7-6-8-10-16)12-21-18(19-5-2)22-13-17-20-11-14(3)23-17/h6-11,15H,4-5,12-13H2,1-3H3,(H2,19,21,22). The molecule has 4 nitrogen and oxygen atoms in total. The van der Waals surface area contributed by atoms with Crippen LogP contribution in [-0.2, 0) is 6.54 Å². The molecule has 0 aliphatic heterocycles. The molecule has 0 saturated heterocycles. The van der Waals surface area contributed by atoms with Crippen molar-refractivity contribution < 1.29 is 0 Å². The largest absolute Gasteiger partial charge is 0.357 e. The second-order valence-electron chi connectivity index (χ2n) is 5.46. The number of nitrogens with zero attached hydrogens (tertiary/aromatic N) is 2. The van der Waals surface area contributed by atoms with Crippen molar-refractivity contribution >= 4 is 17.3 Å². The Bertz CT molecular complexity index is 606. The minimum atomic E-state index is 0.488. The lowest BCUT2D eigenvalue weighted by atomic mass is 9.97. The molecule has 0 fully saturated rings. The average Bonchev–Trinajstić information content (AvgIpc) is 2.99. The van der Waals surface area contributed by atoms with Gasteiger partial charge in [0, 0.05) is 30.1 Å². The van der Waals surface area contributed by atoms with Crippen LogP contribution in [0.2, 0.25) is 0 Å². The summed E-state index contributed by atoms with van der Waals surface area (Å²) in [7, 11) is 0. The van der Waals surface area contributed by atoms with E-state index in [1.165, 1.54) is 10.4 Å². The lowest BCUT2D eigenvalue weighted by Crippen LogP contribution is -2.39. The highest BCUT2D eigenvalue weighted by Gasteiger charge is 2.09. The smallest absolute Gasteiger partial charge is 0.191 e. The third-order valence-electron chi connectivity index (χ3n) is 3.67. The van der Waals surface area contributed by atoms with Crippen LogP contribution in [0.25, 0.3) is 0 Å². The van der Waals surface area contributed by atoms with Gasteiger partial charge < -0.3 is 10.6 Å². The highest BCUT2D eigenvalue weighted by Crippen LogP contribution is 2.18. The minimum absolute atomic E-state index is 0.488. The second kappa shape index (κ2) is 9.30. The van der Waals surface area contributed by atoms with Crippen LogP contribution in [0.4, 0.5) is 0 Å². The molecular weight excluding hydrogens is 304 g/mol. The van der Waals surface area contributed by atoms with E-state index in [1.54, 1.807) is 11.3 Å². The molecule has 0 radical (unpaired) electrons. The molecule has 2 aromatic rings. The van der Waals surface area contributed by atoms with E-state index in [1.807, 2.05) is 6.20 Å². The zero-order chi connectivity index (χ0) is 16.5. The van der Waals surface area contributed by atoms with E-state index in [-0.39, 0.29) is 0 Å². The Labute approximate surface area is 143 Å². The van der Waals surface area contributed by atoms with Crippen LogP contribution in [0.1, 0.15) is 41.6 Å². The maximum Gasteiger partial charge on any atom is 0.191 e. The molecule has 2 rings (SSSR count). The van der Waals surface area contributed by atoms with Crippen LogP contribution < -0.4 is 10.6 Å². The summed E-state index contributed by atoms with van der Waals surface area (Å²) >= 11 is 1.70. The highest BCUT2D eigenvalue weighted by molar-refractivity contribution is 7.11. The molecule has 0 bridgehead atoms. The summed E-state index contributed by atoms with van der Waals surface area (Å²) in [6, 6.07) is 10.6. The Morgan fingerprint density at radius 1 is 1.22 bits per heavy atom. The number of nitrogens with one attached hydrogen (secondary N) is 2. The molecule has 23 heavy (non-hydrogen) atoms. The highest BCUT2D eigenvalue weighted by atomic mass is 32.1. The Hall–Kier alpha value is -1.88. The number of hydrogen-bond acceptors (Lipinski definition) is 3. The summed E-state index contributed by atoms with van der Waals surface area (Å²) in [6.45, 7) is 8.73. The molecule has 124 valence electrons. The maximum atomic E-state index is 4.64. The first-order valence-electron chi connectivity index (χ1n) is 8.21. The molecular formula is C18H26N4S. The fraction of sp³-hybridized carbons (Fsp3) is 0.444. The van der Waals surface area contributed by atoms with Gasteiger partial charge in [-0.3, -0.25) is 0 Å². The summed E-state index contributed by atoms with van der Waals surface area (Å²) in [5.74, 6) is 1.34. The van der Waals surface area contributed by atoms with E-state index in [4.69, 9.17) is 0 Å². The minimum Gasteiger partial charge on any atom is -0.357 e. The molecule has 1 unspecified atom stereocenters. The molecule has 1 aromatic carbocycles. The Kier molecular flexibility index (Phi) is 7.07. The number of aryl methyl sites for hydroxylation is 1. The Morgan fingerprint density at radius 2 is 2.00 bits per heavy atom. The lowest BCUT2D eigenvalue weighted by molar-refractivity contribution is 0.630. The van der Waals surface area contributed by atoms with E-state index < -0.39 is 0 Å². The van der Waals surface area contributed by atoms with Crippen LogP contribution in [0.15, 0.2) is 41.5 Å². The van der Waals surface area contributed by atoms with Crippen molar-refractivity contribution in [1.82, 2.24) is 15.6 Å². The lowest BCUT2D eigenvalue weighted by Gasteiger charge is -2.18. The van der Waals surface area contributed by atoms with Gasteiger partial charge in [-0.1, -0.05) is 37.3 Å². The molecule has 0 amide bonds. The average molecular weight is 331 g/mol. The number of thiazole rings is 1. The number of benzene rings is 1. The van der Waals surface area contributed by atoms with Gasteiger partial charge in [0.1, 0.15) is 5.01 Å². The van der Waals surface area contributed by atoms with Crippen molar-refractivity contribution in [1.29, 1.82) is 0 Å². The van der Waals surface area contributed by atoms with Gasteiger partial charge in [-0.2, -0.15) is 0 Å². The van der Waals surface area contributed by atoms with Crippen molar-refractivity contribution in [2.24, 2.45) is 4.99 Å². The van der Waals surface area contributed by atoms with E-state index in [9.17, 15) is 0 Å². The second-order valence-corrected chi connectivity index (χ2v) is 6.78. The summed E-state index contributed by atoms with van der Waals surface area (Å²) in [6.07, 6.45) is 3.00. The van der Waals surface area contributed by atoms with Crippen molar-refractivity contribution in [3.63, 3.8) is 0 Å². The first kappa shape index (κ1) is 17.5. The first-order valence-corrected chi connectivity index (χ1v) is 9.03. The Morgan fingerprint density at radius 3 is 2.61 bits per heavy atom. The van der Waals surface area contributed by atoms with Gasteiger partial charge in [0.2, 0.25) is 0 Å². The fourth-order valence-electron chi connectivity index (χ4n) is 2.41. The van der Waals surface area contributed by atoms with Crippen LogP contribution >= 0.6 is 11.3 Å². The van der Waals surface area contributed by atoms with E-state index in [0.29, 0.717) is 12.5 Å². The van der Waals surface area contributed by atoms with Crippen LogP contribution in [-0.4, -0.2) is 24.0 Å². The van der Waals surface area contributed by atoms with E-state index in [2.05, 4.69) is 71.7 Å². The monoisotopic (exact) mass is 330 g/mol. The topological polar surface area (TPSA) is 49.3 Å². The molecule has 0 aliphatic carbocycles. The Balaban J connectivity index is 1.95. The summed E-state index contributed by atoms with van der Waals surface area (Å²) in [5, 5.41) is 7.82. The number of aliphatic imine (C=N–C) groups is 1. The third-order valence-corrected chi connectivity index (χ3v) is 4.56. The van der Waals surface area contributed by atoms with Crippen LogP contribution in [0.5, 0.6) is 0 Å². The first-order chi connectivity index (χ1) is 11.2. The number of hydrogen-bond donors (Lipinski definition) is 2. The third kappa shape index (κ3) is 5.67. The molecule has 0 spiro atoms. The van der Waals surface area contributed by atoms with Gasteiger partial charge in [-0.15, -0.1) is 11.3 Å². The van der Waals surface area contributed by atoms with Crippen LogP contribution in [0.3, 0.4) is 0 Å². The van der Waals surface area contributed by atoms with Crippen molar-refractivity contribution in [3.05, 3.63) is 52.0 Å². The molecule has 0 saturated carbocycles.